The van der Waals surface area contributed by atoms with Crippen molar-refractivity contribution in [3.8, 4) is 11.5 Å². The summed E-state index contributed by atoms with van der Waals surface area (Å²) >= 11 is 0.799. The Labute approximate surface area is 166 Å². The zero-order valence-electron chi connectivity index (χ0n) is 15.3. The summed E-state index contributed by atoms with van der Waals surface area (Å²) in [6, 6.07) is 14.0. The van der Waals surface area contributed by atoms with Gasteiger partial charge in [-0.1, -0.05) is 24.3 Å². The Hall–Kier alpha value is -3.26. The highest BCUT2D eigenvalue weighted by molar-refractivity contribution is 8.18. The van der Waals surface area contributed by atoms with Crippen molar-refractivity contribution in [3.63, 3.8) is 0 Å². The van der Waals surface area contributed by atoms with Crippen molar-refractivity contribution in [2.75, 3.05) is 26.1 Å². The van der Waals surface area contributed by atoms with Crippen LogP contribution in [0.1, 0.15) is 5.56 Å². The van der Waals surface area contributed by atoms with Gasteiger partial charge in [0.1, 0.15) is 18.0 Å². The summed E-state index contributed by atoms with van der Waals surface area (Å²) in [4.78, 5) is 38.3. The van der Waals surface area contributed by atoms with Crippen LogP contribution in [0.15, 0.2) is 53.4 Å². The number of ether oxygens (including phenoxy) is 2. The lowest BCUT2D eigenvalue weighted by atomic mass is 10.2. The van der Waals surface area contributed by atoms with Crippen LogP contribution < -0.4 is 14.8 Å². The predicted octanol–water partition coefficient (Wildman–Crippen LogP) is 3.38. The van der Waals surface area contributed by atoms with E-state index in [1.165, 1.54) is 7.11 Å². The maximum atomic E-state index is 12.6. The SMILES string of the molecule is COc1cccc(/C=C2/SC(=O)N(CC(=O)Nc3ccccc3OC)C2=O)c1. The molecule has 0 aromatic heterocycles. The molecule has 0 bridgehead atoms. The third-order valence-corrected chi connectivity index (χ3v) is 4.86. The second-order valence-corrected chi connectivity index (χ2v) is 6.79. The molecule has 0 spiro atoms. The number of nitrogens with zero attached hydrogens (tertiary/aromatic N) is 1. The molecule has 0 aliphatic carbocycles. The number of benzene rings is 2. The maximum absolute atomic E-state index is 12.6. The first-order valence-corrected chi connectivity index (χ1v) is 9.15. The molecule has 3 rings (SSSR count). The maximum Gasteiger partial charge on any atom is 0.294 e. The van der Waals surface area contributed by atoms with Gasteiger partial charge in [-0.2, -0.15) is 0 Å². The summed E-state index contributed by atoms with van der Waals surface area (Å²) in [6.07, 6.45) is 1.60. The quantitative estimate of drug-likeness (QED) is 0.751. The highest BCUT2D eigenvalue weighted by atomic mass is 32.2. The van der Waals surface area contributed by atoms with Gasteiger partial charge in [0.2, 0.25) is 5.91 Å². The van der Waals surface area contributed by atoms with E-state index in [4.69, 9.17) is 9.47 Å². The summed E-state index contributed by atoms with van der Waals surface area (Å²) in [5, 5.41) is 2.16. The number of rotatable bonds is 6. The van der Waals surface area contributed by atoms with Crippen LogP contribution in [0.4, 0.5) is 10.5 Å². The van der Waals surface area contributed by atoms with E-state index >= 15 is 0 Å². The molecule has 2 aromatic carbocycles. The zero-order valence-corrected chi connectivity index (χ0v) is 16.1. The van der Waals surface area contributed by atoms with Crippen LogP contribution in [-0.4, -0.2) is 42.7 Å². The largest absolute Gasteiger partial charge is 0.497 e. The molecule has 1 N–H and O–H groups in total. The molecule has 7 nitrogen and oxygen atoms in total. The summed E-state index contributed by atoms with van der Waals surface area (Å²) in [6.45, 7) is -0.377. The van der Waals surface area contributed by atoms with Gasteiger partial charge >= 0.3 is 0 Å². The normalized spacial score (nSPS) is 15.1. The molecule has 0 saturated carbocycles. The van der Waals surface area contributed by atoms with E-state index < -0.39 is 17.1 Å². The van der Waals surface area contributed by atoms with E-state index in [0.29, 0.717) is 17.2 Å². The first kappa shape index (κ1) is 19.5. The van der Waals surface area contributed by atoms with Crippen LogP contribution in [0.25, 0.3) is 6.08 Å². The number of hydrogen-bond acceptors (Lipinski definition) is 6. The molecule has 0 radical (unpaired) electrons. The summed E-state index contributed by atoms with van der Waals surface area (Å²) in [7, 11) is 3.04. The van der Waals surface area contributed by atoms with Gasteiger partial charge in [0.25, 0.3) is 11.1 Å². The van der Waals surface area contributed by atoms with Gasteiger partial charge in [0, 0.05) is 0 Å². The van der Waals surface area contributed by atoms with E-state index in [0.717, 1.165) is 22.2 Å². The number of carbonyl (C=O) groups is 3. The third kappa shape index (κ3) is 4.34. The molecule has 0 atom stereocenters. The topological polar surface area (TPSA) is 84.9 Å². The fourth-order valence-corrected chi connectivity index (χ4v) is 3.44. The van der Waals surface area contributed by atoms with Crippen LogP contribution >= 0.6 is 11.8 Å². The molecule has 144 valence electrons. The number of nitrogens with one attached hydrogen (secondary N) is 1. The lowest BCUT2D eigenvalue weighted by molar-refractivity contribution is -0.127. The first-order chi connectivity index (χ1) is 13.5. The lowest BCUT2D eigenvalue weighted by Gasteiger charge is -2.14. The van der Waals surface area contributed by atoms with Gasteiger partial charge in [0.05, 0.1) is 24.8 Å². The minimum Gasteiger partial charge on any atom is -0.497 e. The number of para-hydroxylation sites is 2. The second-order valence-electron chi connectivity index (χ2n) is 5.79. The van der Waals surface area contributed by atoms with Crippen LogP contribution in [0.3, 0.4) is 0 Å². The van der Waals surface area contributed by atoms with Gasteiger partial charge in [-0.3, -0.25) is 19.3 Å². The molecule has 1 saturated heterocycles. The van der Waals surface area contributed by atoms with Crippen LogP contribution in [0, 0.1) is 0 Å². The molecule has 28 heavy (non-hydrogen) atoms. The molecule has 1 fully saturated rings. The summed E-state index contributed by atoms with van der Waals surface area (Å²) in [5.74, 6) is 0.134. The van der Waals surface area contributed by atoms with Crippen LogP contribution in [0.2, 0.25) is 0 Å². The molecule has 1 aliphatic rings. The van der Waals surface area contributed by atoms with Crippen molar-refractivity contribution >= 4 is 40.6 Å². The molecule has 0 unspecified atom stereocenters. The molecule has 2 aromatic rings. The molecule has 1 heterocycles. The smallest absolute Gasteiger partial charge is 0.294 e. The Balaban J connectivity index is 1.71. The Morgan fingerprint density at radius 1 is 1.11 bits per heavy atom. The van der Waals surface area contributed by atoms with Crippen molar-refractivity contribution in [2.24, 2.45) is 0 Å². The number of hydrogen-bond donors (Lipinski definition) is 1. The van der Waals surface area contributed by atoms with Crippen molar-refractivity contribution in [1.82, 2.24) is 4.90 Å². The van der Waals surface area contributed by atoms with Crippen molar-refractivity contribution in [3.05, 3.63) is 59.0 Å². The van der Waals surface area contributed by atoms with Crippen molar-refractivity contribution in [1.29, 1.82) is 0 Å². The first-order valence-electron chi connectivity index (χ1n) is 8.34. The van der Waals surface area contributed by atoms with E-state index in [1.807, 2.05) is 0 Å². The number of amides is 3. The molecule has 3 amide bonds. The van der Waals surface area contributed by atoms with Gasteiger partial charge in [0.15, 0.2) is 0 Å². The van der Waals surface area contributed by atoms with E-state index in [9.17, 15) is 14.4 Å². The Kier molecular flexibility index (Phi) is 6.00. The van der Waals surface area contributed by atoms with E-state index in [-0.39, 0.29) is 11.4 Å². The number of thioether (sulfide) groups is 1. The van der Waals surface area contributed by atoms with E-state index in [1.54, 1.807) is 61.7 Å². The Morgan fingerprint density at radius 2 is 1.89 bits per heavy atom. The number of carbonyl (C=O) groups excluding carboxylic acids is 3. The lowest BCUT2D eigenvalue weighted by Crippen LogP contribution is -2.36. The number of methoxy groups -OCH3 is 2. The fraction of sp³-hybridized carbons (Fsp3) is 0.150. The van der Waals surface area contributed by atoms with Crippen molar-refractivity contribution in [2.45, 2.75) is 0 Å². The third-order valence-electron chi connectivity index (χ3n) is 3.95. The van der Waals surface area contributed by atoms with Gasteiger partial charge in [-0.15, -0.1) is 0 Å². The van der Waals surface area contributed by atoms with Gasteiger partial charge in [-0.25, -0.2) is 0 Å². The minimum atomic E-state index is -0.506. The van der Waals surface area contributed by atoms with E-state index in [2.05, 4.69) is 5.32 Å². The molecular formula is C20H18N2O5S. The van der Waals surface area contributed by atoms with Crippen molar-refractivity contribution < 1.29 is 23.9 Å². The molecule has 8 heteroatoms. The highest BCUT2D eigenvalue weighted by Gasteiger charge is 2.36. The monoisotopic (exact) mass is 398 g/mol. The van der Waals surface area contributed by atoms with Gasteiger partial charge in [-0.05, 0) is 47.7 Å². The minimum absolute atomic E-state index is 0.253. The average molecular weight is 398 g/mol. The summed E-state index contributed by atoms with van der Waals surface area (Å²) in [5.41, 5.74) is 1.19. The van der Waals surface area contributed by atoms with Crippen LogP contribution in [0.5, 0.6) is 11.5 Å². The fourth-order valence-electron chi connectivity index (χ4n) is 2.60. The molecular weight excluding hydrogens is 380 g/mol. The highest BCUT2D eigenvalue weighted by Crippen LogP contribution is 2.32. The Bertz CT molecular complexity index is 957. The molecule has 1 aliphatic heterocycles. The average Bonchev–Trinajstić information content (AvgIpc) is 2.96. The Morgan fingerprint density at radius 3 is 2.64 bits per heavy atom. The number of anilines is 1. The number of imide groups is 1. The zero-order chi connectivity index (χ0) is 20.1. The van der Waals surface area contributed by atoms with Gasteiger partial charge < -0.3 is 14.8 Å². The van der Waals surface area contributed by atoms with Crippen LogP contribution in [-0.2, 0) is 9.59 Å². The standard InChI is InChI=1S/C20H18N2O5S/c1-26-14-7-5-6-13(10-14)11-17-19(24)22(20(25)28-17)12-18(23)21-15-8-3-4-9-16(15)27-2/h3-11H,12H2,1-2H3,(H,21,23)/b17-11+. The predicted molar refractivity (Wildman–Crippen MR) is 107 cm³/mol. The summed E-state index contributed by atoms with van der Waals surface area (Å²) < 4.78 is 10.3. The second kappa shape index (κ2) is 8.62.